The first-order valence-electron chi connectivity index (χ1n) is 9.18. The highest BCUT2D eigenvalue weighted by molar-refractivity contribution is 7.92. The van der Waals surface area contributed by atoms with Crippen molar-refractivity contribution < 1.29 is 27.3 Å². The van der Waals surface area contributed by atoms with Crippen LogP contribution in [-0.4, -0.2) is 32.6 Å². The van der Waals surface area contributed by atoms with Crippen LogP contribution < -0.4 is 10.0 Å². The van der Waals surface area contributed by atoms with Crippen molar-refractivity contribution >= 4 is 33.5 Å². The predicted molar refractivity (Wildman–Crippen MR) is 114 cm³/mol. The maximum Gasteiger partial charge on any atom is 0.337 e. The van der Waals surface area contributed by atoms with Gasteiger partial charge in [-0.2, -0.15) is 0 Å². The first-order valence-corrected chi connectivity index (χ1v) is 10.7. The molecule has 9 nitrogen and oxygen atoms in total. The van der Waals surface area contributed by atoms with Crippen molar-refractivity contribution in [3.63, 3.8) is 0 Å². The molecule has 1 amide bonds. The number of ether oxygens (including phenoxy) is 1. The summed E-state index contributed by atoms with van der Waals surface area (Å²) in [7, 11) is -2.68. The Morgan fingerprint density at radius 3 is 2.35 bits per heavy atom. The number of nitrogens with zero attached hydrogens (tertiary/aromatic N) is 1. The lowest BCUT2D eigenvalue weighted by molar-refractivity contribution is -0.114. The fourth-order valence-electron chi connectivity index (χ4n) is 3.00. The molecular weight excluding hydrogens is 422 g/mol. The van der Waals surface area contributed by atoms with Crippen LogP contribution in [-0.2, 0) is 19.6 Å². The summed E-state index contributed by atoms with van der Waals surface area (Å²) < 4.78 is 38.4. The Morgan fingerprint density at radius 2 is 1.74 bits per heavy atom. The van der Waals surface area contributed by atoms with Crippen molar-refractivity contribution in [2.24, 2.45) is 0 Å². The zero-order valence-electron chi connectivity index (χ0n) is 17.3. The summed E-state index contributed by atoms with van der Waals surface area (Å²) in [5.74, 6) is -0.713. The second kappa shape index (κ2) is 8.60. The SMILES string of the molecule is COC(=O)c1ccc(NS(=O)(=O)c2cc(-c3c(C)noc3NC(C)=O)ccc2C)cc1. The molecule has 0 saturated carbocycles. The fraction of sp³-hybridized carbons (Fsp3) is 0.190. The highest BCUT2D eigenvalue weighted by atomic mass is 32.2. The van der Waals surface area contributed by atoms with Crippen LogP contribution in [0.2, 0.25) is 0 Å². The fourth-order valence-corrected chi connectivity index (χ4v) is 4.33. The van der Waals surface area contributed by atoms with Crippen LogP contribution >= 0.6 is 0 Å². The van der Waals surface area contributed by atoms with Gasteiger partial charge in [-0.1, -0.05) is 17.3 Å². The number of aromatic nitrogens is 1. The zero-order chi connectivity index (χ0) is 22.8. The van der Waals surface area contributed by atoms with Crippen LogP contribution in [0.1, 0.15) is 28.5 Å². The molecule has 0 bridgehead atoms. The van der Waals surface area contributed by atoms with Gasteiger partial charge in [-0.15, -0.1) is 0 Å². The number of anilines is 2. The van der Waals surface area contributed by atoms with Gasteiger partial charge in [-0.3, -0.25) is 14.8 Å². The molecule has 0 aliphatic carbocycles. The van der Waals surface area contributed by atoms with Gasteiger partial charge >= 0.3 is 5.97 Å². The number of nitrogens with one attached hydrogen (secondary N) is 2. The average Bonchev–Trinajstić information content (AvgIpc) is 3.07. The number of methoxy groups -OCH3 is 1. The predicted octanol–water partition coefficient (Wildman–Crippen LogP) is 3.50. The lowest BCUT2D eigenvalue weighted by Gasteiger charge is -2.13. The average molecular weight is 443 g/mol. The Bertz CT molecular complexity index is 1250. The van der Waals surface area contributed by atoms with Gasteiger partial charge in [0.1, 0.15) is 0 Å². The van der Waals surface area contributed by atoms with E-state index in [4.69, 9.17) is 4.52 Å². The first-order chi connectivity index (χ1) is 14.6. The number of sulfonamides is 1. The van der Waals surface area contributed by atoms with E-state index in [0.29, 0.717) is 27.9 Å². The molecule has 3 aromatic rings. The summed E-state index contributed by atoms with van der Waals surface area (Å²) in [5.41, 5.74) is 2.64. The van der Waals surface area contributed by atoms with Crippen LogP contribution in [0.3, 0.4) is 0 Å². The van der Waals surface area contributed by atoms with Gasteiger partial charge in [0.05, 0.1) is 28.8 Å². The van der Waals surface area contributed by atoms with E-state index in [-0.39, 0.29) is 22.4 Å². The van der Waals surface area contributed by atoms with E-state index in [9.17, 15) is 18.0 Å². The minimum atomic E-state index is -3.95. The van der Waals surface area contributed by atoms with E-state index < -0.39 is 16.0 Å². The molecule has 0 spiro atoms. The number of hydrogen-bond acceptors (Lipinski definition) is 7. The number of carbonyl (C=O) groups is 2. The highest BCUT2D eigenvalue weighted by Gasteiger charge is 2.22. The molecule has 10 heteroatoms. The topological polar surface area (TPSA) is 128 Å². The van der Waals surface area contributed by atoms with Gasteiger partial charge in [0, 0.05) is 12.6 Å². The minimum absolute atomic E-state index is 0.0522. The highest BCUT2D eigenvalue weighted by Crippen LogP contribution is 2.34. The van der Waals surface area contributed by atoms with E-state index in [1.54, 1.807) is 26.0 Å². The molecular formula is C21H21N3O6S. The molecule has 0 aliphatic rings. The molecule has 0 saturated heterocycles. The summed E-state index contributed by atoms with van der Waals surface area (Å²) in [6, 6.07) is 10.8. The maximum atomic E-state index is 13.1. The van der Waals surface area contributed by atoms with Crippen LogP contribution in [0, 0.1) is 13.8 Å². The molecule has 3 rings (SSSR count). The maximum absolute atomic E-state index is 13.1. The Morgan fingerprint density at radius 1 is 1.06 bits per heavy atom. The van der Waals surface area contributed by atoms with Gasteiger partial charge in [-0.25, -0.2) is 13.2 Å². The van der Waals surface area contributed by atoms with Gasteiger partial charge in [0.25, 0.3) is 10.0 Å². The Balaban J connectivity index is 1.97. The van der Waals surface area contributed by atoms with Crippen LogP contribution in [0.4, 0.5) is 11.6 Å². The van der Waals surface area contributed by atoms with E-state index in [0.717, 1.165) is 0 Å². The lowest BCUT2D eigenvalue weighted by Crippen LogP contribution is -2.14. The summed E-state index contributed by atoms with van der Waals surface area (Å²) >= 11 is 0. The molecule has 162 valence electrons. The standard InChI is InChI=1S/C21H21N3O6S/c1-12-5-6-16(19-13(2)23-30-20(19)22-14(3)25)11-18(12)31(27,28)24-17-9-7-15(8-10-17)21(26)29-4/h5-11,24H,1-4H3,(H,22,25). The molecule has 1 aromatic heterocycles. The smallest absolute Gasteiger partial charge is 0.337 e. The normalized spacial score (nSPS) is 11.1. The van der Waals surface area contributed by atoms with Crippen molar-refractivity contribution in [2.45, 2.75) is 25.7 Å². The molecule has 1 heterocycles. The molecule has 0 radical (unpaired) electrons. The Labute approximate surface area is 179 Å². The molecule has 2 N–H and O–H groups in total. The largest absolute Gasteiger partial charge is 0.465 e. The number of rotatable bonds is 6. The Hall–Kier alpha value is -3.66. The molecule has 2 aromatic carbocycles. The van der Waals surface area contributed by atoms with Crippen molar-refractivity contribution in [1.82, 2.24) is 5.16 Å². The van der Waals surface area contributed by atoms with E-state index in [2.05, 4.69) is 19.9 Å². The quantitative estimate of drug-likeness (QED) is 0.558. The van der Waals surface area contributed by atoms with E-state index >= 15 is 0 Å². The number of hydrogen-bond donors (Lipinski definition) is 2. The summed E-state index contributed by atoms with van der Waals surface area (Å²) in [6.45, 7) is 4.70. The molecule has 31 heavy (non-hydrogen) atoms. The third kappa shape index (κ3) is 4.75. The summed E-state index contributed by atoms with van der Waals surface area (Å²) in [5, 5.41) is 6.42. The van der Waals surface area contributed by atoms with E-state index in [1.165, 1.54) is 44.4 Å². The third-order valence-corrected chi connectivity index (χ3v) is 6.00. The lowest BCUT2D eigenvalue weighted by atomic mass is 10.0. The number of amides is 1. The zero-order valence-corrected chi connectivity index (χ0v) is 18.2. The summed E-state index contributed by atoms with van der Waals surface area (Å²) in [4.78, 5) is 23.0. The van der Waals surface area contributed by atoms with E-state index in [1.807, 2.05) is 0 Å². The van der Waals surface area contributed by atoms with Crippen molar-refractivity contribution in [2.75, 3.05) is 17.1 Å². The van der Waals surface area contributed by atoms with Gasteiger partial charge in [0.2, 0.25) is 11.8 Å². The first kappa shape index (κ1) is 22.0. The molecule has 0 fully saturated rings. The van der Waals surface area contributed by atoms with Crippen molar-refractivity contribution in [3.8, 4) is 11.1 Å². The monoisotopic (exact) mass is 443 g/mol. The molecule has 0 aliphatic heterocycles. The summed E-state index contributed by atoms with van der Waals surface area (Å²) in [6.07, 6.45) is 0. The number of aryl methyl sites for hydroxylation is 2. The van der Waals surface area contributed by atoms with Crippen molar-refractivity contribution in [1.29, 1.82) is 0 Å². The number of esters is 1. The van der Waals surface area contributed by atoms with Gasteiger partial charge in [-0.05, 0) is 55.3 Å². The minimum Gasteiger partial charge on any atom is -0.465 e. The van der Waals surface area contributed by atoms with Crippen LogP contribution in [0.15, 0.2) is 51.9 Å². The van der Waals surface area contributed by atoms with Gasteiger partial charge < -0.3 is 9.26 Å². The second-order valence-electron chi connectivity index (χ2n) is 6.81. The Kier molecular flexibility index (Phi) is 6.11. The van der Waals surface area contributed by atoms with Crippen LogP contribution in [0.5, 0.6) is 0 Å². The van der Waals surface area contributed by atoms with Crippen LogP contribution in [0.25, 0.3) is 11.1 Å². The van der Waals surface area contributed by atoms with Crippen molar-refractivity contribution in [3.05, 3.63) is 59.3 Å². The van der Waals surface area contributed by atoms with Gasteiger partial charge in [0.15, 0.2) is 0 Å². The molecule has 0 unspecified atom stereocenters. The third-order valence-electron chi connectivity index (χ3n) is 4.48. The second-order valence-corrected chi connectivity index (χ2v) is 8.46. The number of benzene rings is 2. The molecule has 0 atom stereocenters. The number of carbonyl (C=O) groups excluding carboxylic acids is 2.